The molecule has 4 bridgehead atoms. The molecule has 0 aliphatic carbocycles. The van der Waals surface area contributed by atoms with Crippen molar-refractivity contribution >= 4 is 76.4 Å². The monoisotopic (exact) mass is 1610 g/mol. The van der Waals surface area contributed by atoms with Crippen LogP contribution in [0.5, 0.6) is 5.75 Å². The Morgan fingerprint density at radius 3 is 1.94 bits per heavy atom. The number of carbonyl (C=O) groups is 10. The summed E-state index contributed by atoms with van der Waals surface area (Å²) in [6.45, 7) is 21.8. The molecule has 3 heterocycles. The van der Waals surface area contributed by atoms with Gasteiger partial charge in [-0.1, -0.05) is 108 Å². The molecule has 0 unspecified atom stereocenters. The minimum Gasteiger partial charge on any atom is -0.495 e. The number of hydrogen-bond acceptors (Lipinski definition) is 23. The fourth-order valence-electron chi connectivity index (χ4n) is 13.5. The molecule has 2 aromatic rings. The Morgan fingerprint density at radius 1 is 0.770 bits per heavy atom. The molecule has 2 aromatic carbocycles. The third-order valence-electron chi connectivity index (χ3n) is 20.3. The predicted molar refractivity (Wildman–Crippen MR) is 423 cm³/mol. The Morgan fingerprint density at radius 2 is 1.36 bits per heavy atom. The number of epoxide rings is 1. The number of methoxy groups -OCH3 is 2. The standard InChI is InChI=1S/C83H127ClN6O23/c1-53(2)42-62(43-54(3)4)67(92)20-17-30-104-32-34-106-36-38-108-40-41-109-39-37-107-35-33-105-31-27-63(91)48-64(55(5)6)79(97)87-65(19-16-28-86-81(85)99)68(93)46-59-22-24-60(25-23-59)52-110-82(100)88(10)29-26-73(94)89(11)58(9)80(98)112-70-49-74(95)90(12)66-45-61(47-69(102-13)76(66)84)44-56(7)18-15-21-72(103-14)83(101)50-71(111-75(96)51-83)57(8)77-78(70)113-77/h15,18,21-25,45,47,53-55,57-58,62,64-65,70-72,77-78,101H,16-17,19-20,26-44,46,48-52H2,1-14H3,(H,87,97)(H3,85,86,99)/b21-15+,56-18+/t57-,58+,64+,65+,70-,71+,72-,77+,78+,83-/m1/s1. The third kappa shape index (κ3) is 34.1. The Kier molecular flexibility index (Phi) is 42.6. The van der Waals surface area contributed by atoms with Crippen molar-refractivity contribution < 1.29 is 110 Å². The van der Waals surface area contributed by atoms with Gasteiger partial charge in [0.1, 0.15) is 65.0 Å². The van der Waals surface area contributed by atoms with E-state index in [-0.39, 0.29) is 113 Å². The van der Waals surface area contributed by atoms with Gasteiger partial charge in [-0.25, -0.2) is 14.4 Å². The number of nitrogens with one attached hydrogen (secondary N) is 2. The molecule has 0 saturated carbocycles. The van der Waals surface area contributed by atoms with Gasteiger partial charge < -0.3 is 93.0 Å². The van der Waals surface area contributed by atoms with E-state index in [4.69, 9.17) is 74.2 Å². The van der Waals surface area contributed by atoms with Crippen LogP contribution in [0, 0.1) is 35.5 Å². The number of nitrogens with zero attached hydrogens (tertiary/aromatic N) is 3. The molecule has 0 radical (unpaired) electrons. The lowest BCUT2D eigenvalue weighted by Crippen LogP contribution is -2.53. The van der Waals surface area contributed by atoms with Gasteiger partial charge in [-0.05, 0) is 98.9 Å². The number of rotatable bonds is 49. The second-order valence-electron chi connectivity index (χ2n) is 30.8. The quantitative estimate of drug-likeness (QED) is 0.0208. The molecule has 0 spiro atoms. The van der Waals surface area contributed by atoms with Crippen molar-refractivity contribution in [3.05, 3.63) is 81.9 Å². The maximum atomic E-state index is 14.4. The number of carbonyl (C=O) groups excluding carboxylic acids is 10. The van der Waals surface area contributed by atoms with Gasteiger partial charge in [0.05, 0.1) is 110 Å². The van der Waals surface area contributed by atoms with E-state index in [2.05, 4.69) is 38.3 Å². The van der Waals surface area contributed by atoms with Crippen molar-refractivity contribution in [3.8, 4) is 5.75 Å². The number of likely N-dealkylation sites (N-methyl/N-ethyl adjacent to an activating group) is 1. The fourth-order valence-corrected chi connectivity index (χ4v) is 13.8. The van der Waals surface area contributed by atoms with E-state index in [0.717, 1.165) is 24.0 Å². The molecule has 3 aliphatic heterocycles. The largest absolute Gasteiger partial charge is 0.495 e. The Bertz CT molecular complexity index is 3420. The summed E-state index contributed by atoms with van der Waals surface area (Å²) in [6.07, 6.45) is 2.97. The van der Waals surface area contributed by atoms with Gasteiger partial charge in [0.2, 0.25) is 17.7 Å². The van der Waals surface area contributed by atoms with E-state index in [9.17, 15) is 53.1 Å². The Hall–Kier alpha value is -7.45. The number of ketones is 3. The summed E-state index contributed by atoms with van der Waals surface area (Å²) in [5.74, 6) is -3.27. The maximum Gasteiger partial charge on any atom is 0.409 e. The highest BCUT2D eigenvalue weighted by molar-refractivity contribution is 6.35. The molecule has 5 N–H and O–H groups in total. The Balaban J connectivity index is 1.02. The van der Waals surface area contributed by atoms with E-state index >= 15 is 0 Å². The van der Waals surface area contributed by atoms with Crippen molar-refractivity contribution in [1.82, 2.24) is 20.4 Å². The van der Waals surface area contributed by atoms with Crippen molar-refractivity contribution in [2.24, 2.45) is 41.2 Å². The number of primary amides is 1. The van der Waals surface area contributed by atoms with Crippen LogP contribution in [0.4, 0.5) is 15.3 Å². The van der Waals surface area contributed by atoms with Crippen LogP contribution in [0.1, 0.15) is 156 Å². The van der Waals surface area contributed by atoms with Crippen LogP contribution in [-0.2, 0) is 110 Å². The van der Waals surface area contributed by atoms with Crippen LogP contribution in [0.2, 0.25) is 5.02 Å². The first-order valence-electron chi connectivity index (χ1n) is 39.6. The first kappa shape index (κ1) is 96.1. The molecule has 634 valence electrons. The van der Waals surface area contributed by atoms with E-state index in [1.807, 2.05) is 26.8 Å². The molecular weight excluding hydrogens is 1480 g/mol. The van der Waals surface area contributed by atoms with Gasteiger partial charge in [0.15, 0.2) is 5.78 Å². The predicted octanol–water partition coefficient (Wildman–Crippen LogP) is 8.86. The molecular formula is C83H127ClN6O23. The van der Waals surface area contributed by atoms with Crippen molar-refractivity contribution in [3.63, 3.8) is 0 Å². The van der Waals surface area contributed by atoms with Crippen LogP contribution in [0.3, 0.4) is 0 Å². The average molecular weight is 1610 g/mol. The van der Waals surface area contributed by atoms with Crippen molar-refractivity contribution in [2.75, 3.05) is 133 Å². The number of anilines is 1. The smallest absolute Gasteiger partial charge is 0.409 e. The lowest BCUT2D eigenvalue weighted by molar-refractivity contribution is -0.187. The summed E-state index contributed by atoms with van der Waals surface area (Å²) in [6, 6.07) is 7.37. The van der Waals surface area contributed by atoms with Gasteiger partial charge in [0.25, 0.3) is 0 Å². The second-order valence-corrected chi connectivity index (χ2v) is 31.2. The summed E-state index contributed by atoms with van der Waals surface area (Å²) in [5, 5.41) is 17.5. The zero-order chi connectivity index (χ0) is 83.3. The number of ether oxygens (including phenoxy) is 12. The molecule has 2 fully saturated rings. The van der Waals surface area contributed by atoms with E-state index in [1.165, 1.54) is 57.0 Å². The second kappa shape index (κ2) is 50.1. The summed E-state index contributed by atoms with van der Waals surface area (Å²) >= 11 is 6.84. The minimum absolute atomic E-state index is 0.00647. The number of esters is 2. The molecule has 10 atom stereocenters. The van der Waals surface area contributed by atoms with Crippen LogP contribution in [0.25, 0.3) is 0 Å². The molecule has 30 heteroatoms. The third-order valence-corrected chi connectivity index (χ3v) is 20.7. The maximum absolute atomic E-state index is 14.4. The highest BCUT2D eigenvalue weighted by Gasteiger charge is 2.56. The number of amides is 6. The van der Waals surface area contributed by atoms with Crippen molar-refractivity contribution in [1.29, 1.82) is 0 Å². The van der Waals surface area contributed by atoms with Crippen LogP contribution in [-0.4, -0.2) is 250 Å². The minimum atomic E-state index is -1.65. The van der Waals surface area contributed by atoms with Gasteiger partial charge in [-0.2, -0.15) is 0 Å². The summed E-state index contributed by atoms with van der Waals surface area (Å²) in [5.41, 5.74) is 6.80. The fraction of sp³-hybridized carbons (Fsp3) is 0.687. The van der Waals surface area contributed by atoms with Crippen LogP contribution in [0.15, 0.2) is 60.2 Å². The van der Waals surface area contributed by atoms with Crippen LogP contribution >= 0.6 is 11.6 Å². The van der Waals surface area contributed by atoms with Gasteiger partial charge >= 0.3 is 24.1 Å². The number of urea groups is 1. The zero-order valence-electron chi connectivity index (χ0n) is 68.9. The van der Waals surface area contributed by atoms with E-state index < -0.39 is 108 Å². The number of hydrogen-bond donors (Lipinski definition) is 4. The molecule has 6 amide bonds. The average Bonchev–Trinajstić information content (AvgIpc) is 1.61. The molecule has 29 nitrogen and oxygen atoms in total. The molecule has 113 heavy (non-hydrogen) atoms. The number of aliphatic hydroxyl groups is 1. The number of allylic oxidation sites excluding steroid dienone is 3. The molecule has 3 aliphatic rings. The number of nitrogens with two attached hydrogens (primary N) is 1. The molecule has 2 saturated heterocycles. The number of benzene rings is 2. The zero-order valence-corrected chi connectivity index (χ0v) is 69.7. The number of Topliss-reactive ketones (excluding diaryl/α,β-unsaturated/α-hetero) is 3. The number of fused-ring (bicyclic) bond motifs is 5. The van der Waals surface area contributed by atoms with E-state index in [0.29, 0.717) is 125 Å². The van der Waals surface area contributed by atoms with Crippen LogP contribution < -0.4 is 26.0 Å². The Labute approximate surface area is 672 Å². The lowest BCUT2D eigenvalue weighted by Gasteiger charge is -2.41. The summed E-state index contributed by atoms with van der Waals surface area (Å²) in [7, 11) is 7.29. The highest BCUT2D eigenvalue weighted by atomic mass is 35.5. The van der Waals surface area contributed by atoms with Gasteiger partial charge in [0, 0.05) is 104 Å². The highest BCUT2D eigenvalue weighted by Crippen LogP contribution is 2.43. The molecule has 5 rings (SSSR count). The van der Waals surface area contributed by atoms with Gasteiger partial charge in [-0.15, -0.1) is 0 Å². The SMILES string of the molecule is COc1cc2cc(c1Cl)N(C)C(=O)C[C@@H](OC(=O)[C@H](C)N(C)C(=O)CCN(C)C(=O)OCc1ccc(CC(=O)[C@H](CCCNC(N)=O)NC(=O)[C@@H](CC(=O)CCOCCOCCOCCOCCOCCOCCCC(=O)C(CC(C)C)CC(C)C)C(C)C)cc1)[C@@H]1O[C@H]1[C@H](C)[C@@H]1C[C@@](O)(CC(=O)O1)[C@H](OC)/C=C/C=C(\C)C2. The summed E-state index contributed by atoms with van der Waals surface area (Å²) in [4.78, 5) is 138. The molecule has 0 aromatic heterocycles. The number of halogens is 1. The van der Waals surface area contributed by atoms with Gasteiger partial charge in [-0.3, -0.25) is 33.6 Å². The summed E-state index contributed by atoms with van der Waals surface area (Å²) < 4.78 is 68.6. The topological polar surface area (TPSA) is 365 Å². The normalized spacial score (nSPS) is 20.8. The first-order chi connectivity index (χ1) is 53.7. The van der Waals surface area contributed by atoms with Crippen molar-refractivity contribution in [2.45, 2.75) is 207 Å². The lowest BCUT2D eigenvalue weighted by atomic mass is 9.80. The first-order valence-corrected chi connectivity index (χ1v) is 40.0. The van der Waals surface area contributed by atoms with E-state index in [1.54, 1.807) is 55.5 Å².